The van der Waals surface area contributed by atoms with E-state index in [4.69, 9.17) is 17.3 Å². The van der Waals surface area contributed by atoms with E-state index in [1.54, 1.807) is 12.1 Å². The number of nitrogens with two attached hydrogens (primary N) is 1. The topological polar surface area (TPSA) is 68.3 Å². The van der Waals surface area contributed by atoms with E-state index in [0.29, 0.717) is 22.8 Å². The average molecular weight is 398 g/mol. The molecular weight excluding hydrogens is 374 g/mol. The van der Waals surface area contributed by atoms with Crippen molar-refractivity contribution in [2.45, 2.75) is 26.3 Å². The number of benzene rings is 2. The summed E-state index contributed by atoms with van der Waals surface area (Å²) in [5.41, 5.74) is 8.30. The fourth-order valence-corrected chi connectivity index (χ4v) is 3.83. The third kappa shape index (κ3) is 3.62. The number of aryl methyl sites for hydroxylation is 1. The molecular formula is C22H24ClN3O2. The lowest BCUT2D eigenvalue weighted by atomic mass is 10.0. The summed E-state index contributed by atoms with van der Waals surface area (Å²) in [6.45, 7) is 4.58. The van der Waals surface area contributed by atoms with Crippen LogP contribution in [0.1, 0.15) is 52.7 Å². The Balaban J connectivity index is 1.98. The summed E-state index contributed by atoms with van der Waals surface area (Å²) >= 11 is 6.12. The van der Waals surface area contributed by atoms with Crippen molar-refractivity contribution in [1.82, 2.24) is 9.47 Å². The van der Waals surface area contributed by atoms with Crippen LogP contribution in [-0.4, -0.2) is 27.8 Å². The third-order valence-corrected chi connectivity index (χ3v) is 5.41. The molecule has 28 heavy (non-hydrogen) atoms. The van der Waals surface area contributed by atoms with Crippen LogP contribution >= 0.6 is 11.6 Å². The van der Waals surface area contributed by atoms with E-state index < -0.39 is 5.91 Å². The van der Waals surface area contributed by atoms with Gasteiger partial charge in [-0.3, -0.25) is 9.59 Å². The van der Waals surface area contributed by atoms with Crippen molar-refractivity contribution in [3.05, 3.63) is 70.4 Å². The molecule has 1 heterocycles. The van der Waals surface area contributed by atoms with Crippen LogP contribution in [-0.2, 0) is 7.05 Å². The number of amides is 2. The monoisotopic (exact) mass is 397 g/mol. The average Bonchev–Trinajstić information content (AvgIpc) is 3.01. The first-order valence-electron chi connectivity index (χ1n) is 9.33. The quantitative estimate of drug-likeness (QED) is 0.663. The minimum Gasteiger partial charge on any atom is -0.366 e. The number of rotatable bonds is 6. The zero-order valence-electron chi connectivity index (χ0n) is 16.3. The molecule has 0 spiro atoms. The van der Waals surface area contributed by atoms with Crippen LogP contribution in [0.4, 0.5) is 0 Å². The molecule has 2 N–H and O–H groups in total. The highest BCUT2D eigenvalue weighted by Gasteiger charge is 2.26. The molecule has 0 aliphatic rings. The van der Waals surface area contributed by atoms with Gasteiger partial charge < -0.3 is 15.2 Å². The molecule has 0 saturated carbocycles. The van der Waals surface area contributed by atoms with Gasteiger partial charge in [0.25, 0.3) is 5.91 Å². The summed E-state index contributed by atoms with van der Waals surface area (Å²) in [6, 6.07) is 14.6. The van der Waals surface area contributed by atoms with Crippen LogP contribution in [0.2, 0.25) is 5.02 Å². The Morgan fingerprint density at radius 2 is 1.79 bits per heavy atom. The lowest BCUT2D eigenvalue weighted by molar-refractivity contribution is 0.0673. The lowest BCUT2D eigenvalue weighted by Crippen LogP contribution is -2.35. The Kier molecular flexibility index (Phi) is 5.75. The van der Waals surface area contributed by atoms with Crippen molar-refractivity contribution in [3.63, 3.8) is 0 Å². The van der Waals surface area contributed by atoms with Gasteiger partial charge in [0.2, 0.25) is 5.91 Å². The standard InChI is InChI=1S/C22H24ClN3O2/c1-4-18(14-6-8-15(9-7-14)21(24)27)26(5-2)22(28)20-12-16-10-11-17(23)13-19(16)25(20)3/h6-13,18H,4-5H2,1-3H3,(H2,24,27). The second-order valence-corrected chi connectivity index (χ2v) is 7.23. The Morgan fingerprint density at radius 3 is 2.36 bits per heavy atom. The maximum atomic E-state index is 13.4. The number of carbonyl (C=O) groups excluding carboxylic acids is 2. The number of hydrogen-bond acceptors (Lipinski definition) is 2. The number of aromatic nitrogens is 1. The number of halogens is 1. The molecule has 146 valence electrons. The molecule has 0 aliphatic carbocycles. The zero-order chi connectivity index (χ0) is 20.4. The normalized spacial score (nSPS) is 12.1. The highest BCUT2D eigenvalue weighted by molar-refractivity contribution is 6.31. The Morgan fingerprint density at radius 1 is 1.11 bits per heavy atom. The summed E-state index contributed by atoms with van der Waals surface area (Å²) in [5.74, 6) is -0.500. The SMILES string of the molecule is CCC(c1ccc(C(N)=O)cc1)N(CC)C(=O)c1cc2ccc(Cl)cc2n1C. The molecule has 1 atom stereocenters. The maximum absolute atomic E-state index is 13.4. The molecule has 0 aliphatic heterocycles. The lowest BCUT2D eigenvalue weighted by Gasteiger charge is -2.31. The maximum Gasteiger partial charge on any atom is 0.271 e. The Hall–Kier alpha value is -2.79. The predicted octanol–water partition coefficient (Wildman–Crippen LogP) is 4.54. The summed E-state index contributed by atoms with van der Waals surface area (Å²) < 4.78 is 1.88. The van der Waals surface area contributed by atoms with Crippen LogP contribution in [0.15, 0.2) is 48.5 Å². The van der Waals surface area contributed by atoms with Crippen molar-refractivity contribution in [1.29, 1.82) is 0 Å². The van der Waals surface area contributed by atoms with Gasteiger partial charge in [0.05, 0.1) is 6.04 Å². The largest absolute Gasteiger partial charge is 0.366 e. The van der Waals surface area contributed by atoms with Crippen molar-refractivity contribution in [2.24, 2.45) is 12.8 Å². The summed E-state index contributed by atoms with van der Waals surface area (Å²) in [6.07, 6.45) is 0.755. The van der Waals surface area contributed by atoms with E-state index in [-0.39, 0.29) is 11.9 Å². The minimum atomic E-state index is -0.461. The first-order chi connectivity index (χ1) is 13.4. The predicted molar refractivity (Wildman–Crippen MR) is 113 cm³/mol. The number of carbonyl (C=O) groups is 2. The number of nitrogens with zero attached hydrogens (tertiary/aromatic N) is 2. The van der Waals surface area contributed by atoms with Crippen molar-refractivity contribution in [2.75, 3.05) is 6.54 Å². The first-order valence-corrected chi connectivity index (χ1v) is 9.70. The third-order valence-electron chi connectivity index (χ3n) is 5.17. The van der Waals surface area contributed by atoms with E-state index in [9.17, 15) is 9.59 Å². The van der Waals surface area contributed by atoms with Crippen LogP contribution in [0, 0.1) is 0 Å². The van der Waals surface area contributed by atoms with Gasteiger partial charge in [-0.1, -0.05) is 36.7 Å². The van der Waals surface area contributed by atoms with Gasteiger partial charge in [0, 0.05) is 35.1 Å². The van der Waals surface area contributed by atoms with Crippen LogP contribution < -0.4 is 5.73 Å². The van der Waals surface area contributed by atoms with Gasteiger partial charge in [-0.25, -0.2) is 0 Å². The second kappa shape index (κ2) is 8.07. The van der Waals surface area contributed by atoms with Crippen LogP contribution in [0.25, 0.3) is 10.9 Å². The molecule has 1 aromatic heterocycles. The molecule has 0 saturated heterocycles. The fourth-order valence-electron chi connectivity index (χ4n) is 3.67. The fraction of sp³-hybridized carbons (Fsp3) is 0.273. The molecule has 6 heteroatoms. The van der Waals surface area contributed by atoms with Gasteiger partial charge in [0.15, 0.2) is 0 Å². The number of primary amides is 1. The summed E-state index contributed by atoms with van der Waals surface area (Å²) in [5, 5.41) is 1.62. The van der Waals surface area contributed by atoms with Gasteiger partial charge in [-0.2, -0.15) is 0 Å². The Labute approximate surface area is 169 Å². The van der Waals surface area contributed by atoms with Gasteiger partial charge in [-0.15, -0.1) is 0 Å². The molecule has 1 unspecified atom stereocenters. The van der Waals surface area contributed by atoms with E-state index in [0.717, 1.165) is 22.9 Å². The molecule has 0 bridgehead atoms. The summed E-state index contributed by atoms with van der Waals surface area (Å²) in [4.78, 5) is 26.6. The molecule has 2 amide bonds. The minimum absolute atomic E-state index is 0.0387. The van der Waals surface area contributed by atoms with Crippen molar-refractivity contribution in [3.8, 4) is 0 Å². The molecule has 2 aromatic carbocycles. The van der Waals surface area contributed by atoms with Crippen molar-refractivity contribution < 1.29 is 9.59 Å². The van der Waals surface area contributed by atoms with E-state index in [1.807, 2.05) is 66.8 Å². The molecule has 5 nitrogen and oxygen atoms in total. The van der Waals surface area contributed by atoms with Crippen molar-refractivity contribution >= 4 is 34.3 Å². The Bertz CT molecular complexity index is 1020. The van der Waals surface area contributed by atoms with E-state index >= 15 is 0 Å². The first kappa shape index (κ1) is 20.0. The molecule has 3 aromatic rings. The molecule has 3 rings (SSSR count). The van der Waals surface area contributed by atoms with Gasteiger partial charge in [0.1, 0.15) is 5.69 Å². The summed E-state index contributed by atoms with van der Waals surface area (Å²) in [7, 11) is 1.88. The van der Waals surface area contributed by atoms with Crippen LogP contribution in [0.3, 0.4) is 0 Å². The van der Waals surface area contributed by atoms with Gasteiger partial charge in [-0.05, 0) is 49.2 Å². The number of fused-ring (bicyclic) bond motifs is 1. The van der Waals surface area contributed by atoms with Crippen LogP contribution in [0.5, 0.6) is 0 Å². The zero-order valence-corrected chi connectivity index (χ0v) is 17.0. The highest BCUT2D eigenvalue weighted by Crippen LogP contribution is 2.29. The second-order valence-electron chi connectivity index (χ2n) is 6.79. The van der Waals surface area contributed by atoms with Gasteiger partial charge >= 0.3 is 0 Å². The van der Waals surface area contributed by atoms with E-state index in [1.165, 1.54) is 0 Å². The smallest absolute Gasteiger partial charge is 0.271 e. The molecule has 0 fully saturated rings. The molecule has 0 radical (unpaired) electrons. The van der Waals surface area contributed by atoms with E-state index in [2.05, 4.69) is 0 Å². The highest BCUT2D eigenvalue weighted by atomic mass is 35.5. The number of hydrogen-bond donors (Lipinski definition) is 1.